The van der Waals surface area contributed by atoms with Crippen LogP contribution in [0.1, 0.15) is 13.8 Å². The largest absolute Gasteiger partial charge is 0.394 e. The second-order valence-electron chi connectivity index (χ2n) is 2.54. The number of nitrogens with zero attached hydrogens (tertiary/aromatic N) is 2. The van der Waals surface area contributed by atoms with Crippen molar-refractivity contribution in [2.75, 3.05) is 7.05 Å². The van der Waals surface area contributed by atoms with E-state index in [1.165, 1.54) is 0 Å². The van der Waals surface area contributed by atoms with Crippen LogP contribution in [0.2, 0.25) is 0 Å². The Hall–Kier alpha value is -1.58. The highest BCUT2D eigenvalue weighted by Crippen LogP contribution is 2.07. The summed E-state index contributed by atoms with van der Waals surface area (Å²) in [6, 6.07) is 0. The molecule has 0 fully saturated rings. The smallest absolute Gasteiger partial charge is 0.157 e. The Labute approximate surface area is 79.0 Å². The monoisotopic (exact) mass is 180 g/mol. The summed E-state index contributed by atoms with van der Waals surface area (Å²) >= 11 is 0. The molecule has 0 aliphatic carbocycles. The number of nitrogens with one attached hydrogen (secondary N) is 1. The lowest BCUT2D eigenvalue weighted by Gasteiger charge is -2.15. The molecule has 0 rings (SSSR count). The van der Waals surface area contributed by atoms with Gasteiger partial charge in [-0.05, 0) is 20.0 Å². The molecule has 4 nitrogen and oxygen atoms in total. The van der Waals surface area contributed by atoms with Gasteiger partial charge >= 0.3 is 0 Å². The van der Waals surface area contributed by atoms with Gasteiger partial charge in [0.2, 0.25) is 0 Å². The fourth-order valence-electron chi connectivity index (χ4n) is 0.727. The minimum atomic E-state index is 0.300. The van der Waals surface area contributed by atoms with Gasteiger partial charge in [0, 0.05) is 13.3 Å². The Balaban J connectivity index is 5.10. The van der Waals surface area contributed by atoms with Gasteiger partial charge in [0.15, 0.2) is 5.82 Å². The Kier molecular flexibility index (Phi) is 4.51. The third-order valence-corrected chi connectivity index (χ3v) is 1.50. The van der Waals surface area contributed by atoms with Gasteiger partial charge in [-0.25, -0.2) is 4.99 Å². The van der Waals surface area contributed by atoms with Crippen LogP contribution in [0.15, 0.2) is 29.3 Å². The Bertz CT molecular complexity index is 263. The summed E-state index contributed by atoms with van der Waals surface area (Å²) in [5, 5.41) is 7.36. The number of hydrogen-bond acceptors (Lipinski definition) is 4. The average molecular weight is 180 g/mol. The van der Waals surface area contributed by atoms with Crippen LogP contribution in [0.4, 0.5) is 0 Å². The summed E-state index contributed by atoms with van der Waals surface area (Å²) in [6.45, 7) is 7.01. The molecule has 4 heteroatoms. The highest BCUT2D eigenvalue weighted by Gasteiger charge is 2.06. The van der Waals surface area contributed by atoms with Crippen LogP contribution in [0.3, 0.4) is 0 Å². The summed E-state index contributed by atoms with van der Waals surface area (Å²) in [6.07, 6.45) is 3.23. The second-order valence-corrected chi connectivity index (χ2v) is 2.54. The Morgan fingerprint density at radius 2 is 2.15 bits per heavy atom. The average Bonchev–Trinajstić information content (AvgIpc) is 2.11. The molecule has 0 saturated heterocycles. The molecule has 13 heavy (non-hydrogen) atoms. The van der Waals surface area contributed by atoms with Crippen LogP contribution >= 0.6 is 0 Å². The molecule has 0 aliphatic heterocycles. The first-order chi connectivity index (χ1) is 6.04. The van der Waals surface area contributed by atoms with Crippen LogP contribution in [0.5, 0.6) is 0 Å². The van der Waals surface area contributed by atoms with E-state index in [2.05, 4.69) is 11.6 Å². The van der Waals surface area contributed by atoms with Crippen molar-refractivity contribution in [3.8, 4) is 0 Å². The predicted molar refractivity (Wildman–Crippen MR) is 56.7 cm³/mol. The molecular weight excluding hydrogens is 164 g/mol. The van der Waals surface area contributed by atoms with E-state index in [9.17, 15) is 0 Å². The molecule has 3 N–H and O–H groups in total. The Morgan fingerprint density at radius 3 is 2.46 bits per heavy atom. The first-order valence-corrected chi connectivity index (χ1v) is 3.94. The molecule has 0 unspecified atom stereocenters. The second kappa shape index (κ2) is 5.13. The molecule has 72 valence electrons. The van der Waals surface area contributed by atoms with Crippen molar-refractivity contribution in [2.45, 2.75) is 13.8 Å². The number of allylic oxidation sites excluding steroid dienone is 1. The molecule has 0 spiro atoms. The summed E-state index contributed by atoms with van der Waals surface area (Å²) in [5.41, 5.74) is 6.34. The lowest BCUT2D eigenvalue weighted by atomic mass is 10.3. The molecule has 0 aliphatic rings. The van der Waals surface area contributed by atoms with E-state index in [1.807, 2.05) is 0 Å². The lowest BCUT2D eigenvalue weighted by Crippen LogP contribution is -2.18. The summed E-state index contributed by atoms with van der Waals surface area (Å²) in [7, 11) is 1.78. The van der Waals surface area contributed by atoms with Crippen molar-refractivity contribution in [1.29, 1.82) is 5.41 Å². The first-order valence-electron chi connectivity index (χ1n) is 3.94. The van der Waals surface area contributed by atoms with E-state index < -0.39 is 0 Å². The molecule has 0 amide bonds. The van der Waals surface area contributed by atoms with Gasteiger partial charge in [0.05, 0.1) is 11.4 Å². The van der Waals surface area contributed by atoms with Crippen molar-refractivity contribution in [2.24, 2.45) is 10.7 Å². The van der Waals surface area contributed by atoms with Crippen LogP contribution < -0.4 is 5.73 Å². The zero-order chi connectivity index (χ0) is 10.4. The quantitative estimate of drug-likeness (QED) is 0.641. The fourth-order valence-corrected chi connectivity index (χ4v) is 0.727. The summed E-state index contributed by atoms with van der Waals surface area (Å²) < 4.78 is 0. The standard InChI is InChI=1S/C9H16N4/c1-5-12-9(13(4)6-2)8(11)7(3)10/h5-6,10H,2,11H2,1,3-4H3/b9-8-,10-7?,12-5-. The number of nitrogens with two attached hydrogens (primary N) is 1. The van der Waals surface area contributed by atoms with Crippen LogP contribution in [0.25, 0.3) is 0 Å². The van der Waals surface area contributed by atoms with E-state index in [-0.39, 0.29) is 0 Å². The first kappa shape index (κ1) is 11.4. The van der Waals surface area contributed by atoms with Gasteiger partial charge < -0.3 is 16.0 Å². The summed E-state index contributed by atoms with van der Waals surface area (Å²) in [5.74, 6) is 0.546. The fraction of sp³-hybridized carbons (Fsp3) is 0.333. The van der Waals surface area contributed by atoms with E-state index in [0.717, 1.165) is 0 Å². The molecule has 0 bridgehead atoms. The molecular formula is C9H16N4. The van der Waals surface area contributed by atoms with E-state index in [0.29, 0.717) is 17.2 Å². The van der Waals surface area contributed by atoms with Crippen LogP contribution in [0, 0.1) is 5.41 Å². The zero-order valence-corrected chi connectivity index (χ0v) is 8.33. The van der Waals surface area contributed by atoms with Gasteiger partial charge in [0.1, 0.15) is 0 Å². The van der Waals surface area contributed by atoms with Gasteiger partial charge in [-0.1, -0.05) is 6.58 Å². The molecule has 0 heterocycles. The summed E-state index contributed by atoms with van der Waals surface area (Å²) in [4.78, 5) is 5.73. The third kappa shape index (κ3) is 3.11. The van der Waals surface area contributed by atoms with Crippen molar-refractivity contribution < 1.29 is 0 Å². The topological polar surface area (TPSA) is 65.5 Å². The van der Waals surface area contributed by atoms with E-state index >= 15 is 0 Å². The van der Waals surface area contributed by atoms with Crippen LogP contribution in [-0.2, 0) is 0 Å². The highest BCUT2D eigenvalue weighted by molar-refractivity contribution is 5.95. The SMILES string of the molecule is C=CN(C)C(/N=C\C)=C(\N)C(C)=N. The maximum atomic E-state index is 7.36. The van der Waals surface area contributed by atoms with Gasteiger partial charge in [0.25, 0.3) is 0 Å². The zero-order valence-electron chi connectivity index (χ0n) is 8.33. The van der Waals surface area contributed by atoms with Crippen molar-refractivity contribution in [3.05, 3.63) is 24.3 Å². The van der Waals surface area contributed by atoms with Gasteiger partial charge in [-0.2, -0.15) is 0 Å². The van der Waals surface area contributed by atoms with Crippen molar-refractivity contribution in [3.63, 3.8) is 0 Å². The molecule has 0 aromatic carbocycles. The van der Waals surface area contributed by atoms with E-state index in [1.54, 1.807) is 38.2 Å². The van der Waals surface area contributed by atoms with Crippen molar-refractivity contribution in [1.82, 2.24) is 4.90 Å². The minimum Gasteiger partial charge on any atom is -0.394 e. The minimum absolute atomic E-state index is 0.300. The lowest BCUT2D eigenvalue weighted by molar-refractivity contribution is 0.559. The van der Waals surface area contributed by atoms with Gasteiger partial charge in [-0.15, -0.1) is 0 Å². The molecule has 0 saturated carbocycles. The maximum absolute atomic E-state index is 7.36. The molecule has 0 aromatic heterocycles. The van der Waals surface area contributed by atoms with Gasteiger partial charge in [-0.3, -0.25) is 0 Å². The molecule has 0 aromatic rings. The molecule has 0 atom stereocenters. The number of aliphatic imine (C=N–C) groups is 1. The number of rotatable bonds is 4. The van der Waals surface area contributed by atoms with Crippen molar-refractivity contribution >= 4 is 11.9 Å². The molecule has 0 radical (unpaired) electrons. The van der Waals surface area contributed by atoms with E-state index in [4.69, 9.17) is 11.1 Å². The highest BCUT2D eigenvalue weighted by atomic mass is 15.2. The maximum Gasteiger partial charge on any atom is 0.157 e. The van der Waals surface area contributed by atoms with Crippen LogP contribution in [-0.4, -0.2) is 23.9 Å². The normalized spacial score (nSPS) is 12.5. The Morgan fingerprint density at radius 1 is 1.62 bits per heavy atom. The third-order valence-electron chi connectivity index (χ3n) is 1.50. The number of hydrogen-bond donors (Lipinski definition) is 2. The predicted octanol–water partition coefficient (Wildman–Crippen LogP) is 1.32.